The topological polar surface area (TPSA) is 67.4 Å². The van der Waals surface area contributed by atoms with Crippen LogP contribution in [0.4, 0.5) is 15.8 Å². The van der Waals surface area contributed by atoms with Crippen LogP contribution in [0.25, 0.3) is 0 Å². The van der Waals surface area contributed by atoms with Crippen LogP contribution in [0.5, 0.6) is 11.5 Å². The predicted octanol–water partition coefficient (Wildman–Crippen LogP) is 6.60. The number of anilines is 2. The molecule has 4 aromatic rings. The number of ether oxygens (including phenoxy) is 1. The molecule has 0 aromatic heterocycles. The lowest BCUT2D eigenvalue weighted by atomic mass is 10.2. The predicted molar refractivity (Wildman–Crippen MR) is 133 cm³/mol. The summed E-state index contributed by atoms with van der Waals surface area (Å²) in [6, 6.07) is 29.1. The Morgan fingerprint density at radius 1 is 0.735 bits per heavy atom. The summed E-state index contributed by atoms with van der Waals surface area (Å²) in [4.78, 5) is 25.5. The van der Waals surface area contributed by atoms with Gasteiger partial charge in [0.25, 0.3) is 5.91 Å². The van der Waals surface area contributed by atoms with Crippen LogP contribution in [0.2, 0.25) is 0 Å². The number of carbonyl (C=O) groups is 2. The monoisotopic (exact) mass is 472 g/mol. The number of thioether (sulfide) groups is 1. The van der Waals surface area contributed by atoms with Crippen molar-refractivity contribution >= 4 is 35.0 Å². The van der Waals surface area contributed by atoms with Crippen molar-refractivity contribution in [2.24, 2.45) is 0 Å². The van der Waals surface area contributed by atoms with Crippen LogP contribution in [0.3, 0.4) is 0 Å². The molecule has 0 spiro atoms. The Kier molecular flexibility index (Phi) is 7.57. The third-order valence-corrected chi connectivity index (χ3v) is 5.68. The molecule has 34 heavy (non-hydrogen) atoms. The van der Waals surface area contributed by atoms with Crippen molar-refractivity contribution in [3.05, 3.63) is 115 Å². The lowest BCUT2D eigenvalue weighted by Gasteiger charge is -2.09. The summed E-state index contributed by atoms with van der Waals surface area (Å²) in [6.45, 7) is 0. The molecule has 0 fully saturated rings. The standard InChI is InChI=1S/C27H21FN2O3S/c28-20-11-9-19(10-12-20)27(32)30-22-5-4-8-25(17-22)34-18-26(31)29-21-13-15-24(16-14-21)33-23-6-2-1-3-7-23/h1-17H,18H2,(H,29,31)(H,30,32). The van der Waals surface area contributed by atoms with Gasteiger partial charge in [0.2, 0.25) is 5.91 Å². The third-order valence-electron chi connectivity index (χ3n) is 4.69. The van der Waals surface area contributed by atoms with Gasteiger partial charge in [0.1, 0.15) is 17.3 Å². The second kappa shape index (κ2) is 11.2. The van der Waals surface area contributed by atoms with Gasteiger partial charge in [0, 0.05) is 21.8 Å². The number of carbonyl (C=O) groups excluding carboxylic acids is 2. The molecule has 2 amide bonds. The lowest BCUT2D eigenvalue weighted by molar-refractivity contribution is -0.113. The van der Waals surface area contributed by atoms with Crippen LogP contribution < -0.4 is 15.4 Å². The molecule has 0 aliphatic carbocycles. The van der Waals surface area contributed by atoms with Gasteiger partial charge in [0.15, 0.2) is 0 Å². The van der Waals surface area contributed by atoms with Gasteiger partial charge >= 0.3 is 0 Å². The lowest BCUT2D eigenvalue weighted by Crippen LogP contribution is -2.14. The molecule has 0 bridgehead atoms. The molecule has 0 saturated heterocycles. The van der Waals surface area contributed by atoms with Crippen LogP contribution in [-0.4, -0.2) is 17.6 Å². The van der Waals surface area contributed by atoms with Crippen molar-refractivity contribution in [2.45, 2.75) is 4.90 Å². The van der Waals surface area contributed by atoms with Crippen molar-refractivity contribution < 1.29 is 18.7 Å². The van der Waals surface area contributed by atoms with E-state index in [-0.39, 0.29) is 17.6 Å². The van der Waals surface area contributed by atoms with E-state index in [0.29, 0.717) is 22.7 Å². The van der Waals surface area contributed by atoms with Crippen molar-refractivity contribution in [3.8, 4) is 11.5 Å². The molecule has 4 rings (SSSR count). The zero-order chi connectivity index (χ0) is 23.8. The Balaban J connectivity index is 1.27. The molecule has 7 heteroatoms. The summed E-state index contributed by atoms with van der Waals surface area (Å²) < 4.78 is 18.8. The molecule has 0 heterocycles. The van der Waals surface area contributed by atoms with Crippen LogP contribution >= 0.6 is 11.8 Å². The van der Waals surface area contributed by atoms with Gasteiger partial charge < -0.3 is 15.4 Å². The summed E-state index contributed by atoms with van der Waals surface area (Å²) in [5.41, 5.74) is 1.62. The first kappa shape index (κ1) is 23.1. The number of nitrogens with one attached hydrogen (secondary N) is 2. The van der Waals surface area contributed by atoms with E-state index in [9.17, 15) is 14.0 Å². The Morgan fingerprint density at radius 2 is 1.44 bits per heavy atom. The van der Waals surface area contributed by atoms with Crippen LogP contribution in [-0.2, 0) is 4.79 Å². The van der Waals surface area contributed by atoms with E-state index in [4.69, 9.17) is 4.74 Å². The number of halogens is 1. The summed E-state index contributed by atoms with van der Waals surface area (Å²) in [7, 11) is 0. The van der Waals surface area contributed by atoms with E-state index in [0.717, 1.165) is 10.6 Å². The maximum absolute atomic E-state index is 13.0. The van der Waals surface area contributed by atoms with Gasteiger partial charge in [-0.3, -0.25) is 9.59 Å². The smallest absolute Gasteiger partial charge is 0.255 e. The van der Waals surface area contributed by atoms with Gasteiger partial charge in [-0.2, -0.15) is 0 Å². The van der Waals surface area contributed by atoms with Gasteiger partial charge in [-0.25, -0.2) is 4.39 Å². The molecule has 0 aliphatic rings. The minimum atomic E-state index is -0.398. The van der Waals surface area contributed by atoms with E-state index in [2.05, 4.69) is 10.6 Å². The van der Waals surface area contributed by atoms with Crippen LogP contribution in [0.1, 0.15) is 10.4 Å². The number of hydrogen-bond acceptors (Lipinski definition) is 4. The van der Waals surface area contributed by atoms with E-state index in [1.807, 2.05) is 36.4 Å². The highest BCUT2D eigenvalue weighted by Gasteiger charge is 2.08. The minimum absolute atomic E-state index is 0.150. The normalized spacial score (nSPS) is 10.4. The molecule has 0 atom stereocenters. The van der Waals surface area contributed by atoms with Crippen LogP contribution in [0, 0.1) is 5.82 Å². The first-order valence-corrected chi connectivity index (χ1v) is 11.5. The van der Waals surface area contributed by atoms with Gasteiger partial charge in [-0.1, -0.05) is 24.3 Å². The number of para-hydroxylation sites is 1. The Bertz CT molecular complexity index is 1260. The van der Waals surface area contributed by atoms with Gasteiger partial charge in [0.05, 0.1) is 5.75 Å². The fourth-order valence-corrected chi connectivity index (χ4v) is 3.80. The zero-order valence-corrected chi connectivity index (χ0v) is 18.8. The highest BCUT2D eigenvalue weighted by molar-refractivity contribution is 8.00. The maximum Gasteiger partial charge on any atom is 0.255 e. The summed E-state index contributed by atoms with van der Waals surface area (Å²) >= 11 is 1.35. The summed E-state index contributed by atoms with van der Waals surface area (Å²) in [5, 5.41) is 5.64. The maximum atomic E-state index is 13.0. The zero-order valence-electron chi connectivity index (χ0n) is 18.0. The summed E-state index contributed by atoms with van der Waals surface area (Å²) in [6.07, 6.45) is 0. The van der Waals surface area contributed by atoms with Crippen molar-refractivity contribution in [1.29, 1.82) is 0 Å². The Labute approximate surface area is 201 Å². The van der Waals surface area contributed by atoms with Crippen LogP contribution in [0.15, 0.2) is 108 Å². The molecular formula is C27H21FN2O3S. The van der Waals surface area contributed by atoms with E-state index in [1.165, 1.54) is 36.0 Å². The Morgan fingerprint density at radius 3 is 2.18 bits per heavy atom. The second-order valence-corrected chi connectivity index (χ2v) is 8.31. The molecule has 5 nitrogen and oxygen atoms in total. The molecule has 0 saturated carbocycles. The molecule has 0 aliphatic heterocycles. The second-order valence-electron chi connectivity index (χ2n) is 7.27. The fraction of sp³-hybridized carbons (Fsp3) is 0.0370. The minimum Gasteiger partial charge on any atom is -0.457 e. The largest absolute Gasteiger partial charge is 0.457 e. The van der Waals surface area contributed by atoms with Crippen molar-refractivity contribution in [2.75, 3.05) is 16.4 Å². The van der Waals surface area contributed by atoms with E-state index in [1.54, 1.807) is 42.5 Å². The average Bonchev–Trinajstić information content (AvgIpc) is 2.85. The van der Waals surface area contributed by atoms with E-state index >= 15 is 0 Å². The molecular weight excluding hydrogens is 451 g/mol. The molecule has 0 unspecified atom stereocenters. The number of benzene rings is 4. The first-order chi connectivity index (χ1) is 16.5. The number of rotatable bonds is 8. The molecule has 2 N–H and O–H groups in total. The van der Waals surface area contributed by atoms with E-state index < -0.39 is 5.82 Å². The molecule has 4 aromatic carbocycles. The third kappa shape index (κ3) is 6.70. The average molecular weight is 473 g/mol. The van der Waals surface area contributed by atoms with Gasteiger partial charge in [-0.05, 0) is 78.9 Å². The number of hydrogen-bond donors (Lipinski definition) is 2. The fourth-order valence-electron chi connectivity index (χ4n) is 3.05. The van der Waals surface area contributed by atoms with Gasteiger partial charge in [-0.15, -0.1) is 11.8 Å². The molecule has 0 radical (unpaired) electrons. The highest BCUT2D eigenvalue weighted by Crippen LogP contribution is 2.24. The highest BCUT2D eigenvalue weighted by atomic mass is 32.2. The van der Waals surface area contributed by atoms with Crippen molar-refractivity contribution in [1.82, 2.24) is 0 Å². The quantitative estimate of drug-likeness (QED) is 0.284. The Hall–Kier alpha value is -4.10. The number of amides is 2. The SMILES string of the molecule is O=C(CSc1cccc(NC(=O)c2ccc(F)cc2)c1)Nc1ccc(Oc2ccccc2)cc1. The molecule has 170 valence electrons. The van der Waals surface area contributed by atoms with Crippen molar-refractivity contribution in [3.63, 3.8) is 0 Å². The first-order valence-electron chi connectivity index (χ1n) is 10.5. The summed E-state index contributed by atoms with van der Waals surface area (Å²) in [5.74, 6) is 0.744.